The van der Waals surface area contributed by atoms with E-state index in [1.165, 1.54) is 5.56 Å². The van der Waals surface area contributed by atoms with Crippen molar-refractivity contribution in [3.63, 3.8) is 0 Å². The zero-order valence-corrected chi connectivity index (χ0v) is 24.7. The van der Waals surface area contributed by atoms with Gasteiger partial charge in [-0.05, 0) is 106 Å². The van der Waals surface area contributed by atoms with E-state index in [4.69, 9.17) is 4.84 Å². The van der Waals surface area contributed by atoms with Crippen molar-refractivity contribution in [3.05, 3.63) is 107 Å². The van der Waals surface area contributed by atoms with Crippen LogP contribution in [0.1, 0.15) is 47.2 Å². The number of allylic oxidation sites excluding steroid dienone is 1. The summed E-state index contributed by atoms with van der Waals surface area (Å²) in [5.41, 5.74) is 4.00. The third kappa shape index (κ3) is 7.66. The van der Waals surface area contributed by atoms with E-state index in [1.54, 1.807) is 12.1 Å². The normalized spacial score (nSPS) is 17.9. The molecular formula is C34H38F2N4O3. The third-order valence-electron chi connectivity index (χ3n) is 8.12. The highest BCUT2D eigenvalue weighted by Gasteiger charge is 2.38. The van der Waals surface area contributed by atoms with E-state index in [9.17, 15) is 18.4 Å². The van der Waals surface area contributed by atoms with Crippen molar-refractivity contribution in [2.45, 2.75) is 38.7 Å². The Labute approximate surface area is 251 Å². The van der Waals surface area contributed by atoms with Gasteiger partial charge in [-0.1, -0.05) is 36.4 Å². The molecule has 1 atom stereocenters. The summed E-state index contributed by atoms with van der Waals surface area (Å²) in [6.07, 6.45) is 6.54. The Balaban J connectivity index is 1.20. The van der Waals surface area contributed by atoms with Crippen LogP contribution in [0.25, 0.3) is 0 Å². The van der Waals surface area contributed by atoms with Gasteiger partial charge in [0.25, 0.3) is 5.91 Å². The Hall–Kier alpha value is -4.08. The molecule has 0 saturated carbocycles. The van der Waals surface area contributed by atoms with E-state index in [2.05, 4.69) is 33.7 Å². The molecule has 1 aliphatic heterocycles. The zero-order chi connectivity index (χ0) is 30.4. The highest BCUT2D eigenvalue weighted by Crippen LogP contribution is 2.46. The first kappa shape index (κ1) is 30.4. The number of halogens is 2. The van der Waals surface area contributed by atoms with Gasteiger partial charge in [0.15, 0.2) is 0 Å². The molecule has 2 amide bonds. The van der Waals surface area contributed by atoms with Gasteiger partial charge in [-0.15, -0.1) is 0 Å². The summed E-state index contributed by atoms with van der Waals surface area (Å²) < 4.78 is 27.4. The fourth-order valence-corrected chi connectivity index (χ4v) is 5.78. The average Bonchev–Trinajstić information content (AvgIpc) is 3.34. The molecule has 5 rings (SSSR count). The fourth-order valence-electron chi connectivity index (χ4n) is 5.78. The largest absolute Gasteiger partial charge is 0.352 e. The van der Waals surface area contributed by atoms with Gasteiger partial charge in [-0.25, -0.2) is 8.78 Å². The summed E-state index contributed by atoms with van der Waals surface area (Å²) in [4.78, 5) is 33.7. The maximum atomic E-state index is 14.0. The molecule has 43 heavy (non-hydrogen) atoms. The van der Waals surface area contributed by atoms with E-state index >= 15 is 0 Å². The van der Waals surface area contributed by atoms with E-state index < -0.39 is 17.5 Å². The number of anilines is 2. The van der Waals surface area contributed by atoms with Crippen LogP contribution in [0, 0.1) is 17.0 Å². The number of hydrogen-bond donors (Lipinski definition) is 2. The highest BCUT2D eigenvalue weighted by atomic mass is 19.1. The van der Waals surface area contributed by atoms with E-state index in [0.717, 1.165) is 73.7 Å². The maximum absolute atomic E-state index is 14.0. The van der Waals surface area contributed by atoms with E-state index in [1.807, 2.05) is 43.4 Å². The number of benzene rings is 3. The van der Waals surface area contributed by atoms with E-state index in [-0.39, 0.29) is 16.9 Å². The second-order valence-electron chi connectivity index (χ2n) is 11.7. The van der Waals surface area contributed by atoms with Crippen LogP contribution in [0.4, 0.5) is 20.2 Å². The molecule has 0 aromatic heterocycles. The average molecular weight is 589 g/mol. The second-order valence-corrected chi connectivity index (χ2v) is 11.7. The number of rotatable bonds is 10. The predicted octanol–water partition coefficient (Wildman–Crippen LogP) is 5.88. The third-order valence-corrected chi connectivity index (χ3v) is 8.12. The molecule has 3 aromatic rings. The standard InChI is InChI=1S/C34H38F2N4O3/c1-39(2)18-5-17-37-32(41)26-14-15-34(22-26)16-19-40(31-7-4-3-6-25(31)21-34)43-23-24-8-11-28(12-9-24)38-33(42)29-20-27(35)10-13-30(29)36/h3-4,6-13,20,22H,5,14-19,21,23H2,1-2H3,(H,37,41)(H,38,42). The van der Waals surface area contributed by atoms with Crippen molar-refractivity contribution in [3.8, 4) is 0 Å². The zero-order valence-electron chi connectivity index (χ0n) is 24.7. The first-order valence-corrected chi connectivity index (χ1v) is 14.7. The quantitative estimate of drug-likeness (QED) is 0.290. The van der Waals surface area contributed by atoms with Crippen molar-refractivity contribution in [2.24, 2.45) is 5.41 Å². The lowest BCUT2D eigenvalue weighted by atomic mass is 9.79. The predicted molar refractivity (Wildman–Crippen MR) is 164 cm³/mol. The van der Waals surface area contributed by atoms with Crippen molar-refractivity contribution in [1.82, 2.24) is 10.2 Å². The molecule has 1 heterocycles. The summed E-state index contributed by atoms with van der Waals surface area (Å²) in [5.74, 6) is -2.14. The van der Waals surface area contributed by atoms with Gasteiger partial charge in [0.1, 0.15) is 11.6 Å². The van der Waals surface area contributed by atoms with Crippen molar-refractivity contribution in [2.75, 3.05) is 44.1 Å². The summed E-state index contributed by atoms with van der Waals surface area (Å²) in [5, 5.41) is 7.64. The molecule has 0 saturated heterocycles. The van der Waals surface area contributed by atoms with Crippen molar-refractivity contribution < 1.29 is 23.2 Å². The molecule has 0 fully saturated rings. The van der Waals surface area contributed by atoms with Crippen LogP contribution in [-0.4, -0.2) is 50.4 Å². The minimum absolute atomic E-state index is 0.0435. The topological polar surface area (TPSA) is 73.9 Å². The minimum atomic E-state index is -0.786. The van der Waals surface area contributed by atoms with E-state index in [0.29, 0.717) is 25.4 Å². The van der Waals surface area contributed by atoms with Crippen LogP contribution in [0.3, 0.4) is 0 Å². The number of nitrogens with zero attached hydrogens (tertiary/aromatic N) is 2. The summed E-state index contributed by atoms with van der Waals surface area (Å²) in [6, 6.07) is 18.1. The second kappa shape index (κ2) is 13.5. The fraction of sp³-hybridized carbons (Fsp3) is 0.353. The number of carbonyl (C=O) groups is 2. The summed E-state index contributed by atoms with van der Waals surface area (Å²) in [6.45, 7) is 2.60. The maximum Gasteiger partial charge on any atom is 0.258 e. The van der Waals surface area contributed by atoms with Crippen LogP contribution in [0.15, 0.2) is 78.4 Å². The summed E-state index contributed by atoms with van der Waals surface area (Å²) in [7, 11) is 4.06. The number of fused-ring (bicyclic) bond motifs is 1. The highest BCUT2D eigenvalue weighted by molar-refractivity contribution is 6.04. The molecule has 2 N–H and O–H groups in total. The monoisotopic (exact) mass is 588 g/mol. The number of carbonyl (C=O) groups excluding carboxylic acids is 2. The minimum Gasteiger partial charge on any atom is -0.352 e. The molecule has 1 unspecified atom stereocenters. The first-order chi connectivity index (χ1) is 20.7. The Bertz CT molecular complexity index is 1490. The lowest BCUT2D eigenvalue weighted by molar-refractivity contribution is -0.117. The molecule has 0 radical (unpaired) electrons. The van der Waals surface area contributed by atoms with Crippen LogP contribution in [0.5, 0.6) is 0 Å². The van der Waals surface area contributed by atoms with Gasteiger partial charge in [0.05, 0.1) is 17.9 Å². The molecule has 226 valence electrons. The van der Waals surface area contributed by atoms with Crippen LogP contribution in [-0.2, 0) is 22.7 Å². The van der Waals surface area contributed by atoms with Crippen molar-refractivity contribution >= 4 is 23.2 Å². The molecular weight excluding hydrogens is 550 g/mol. The lowest BCUT2D eigenvalue weighted by Crippen LogP contribution is -2.28. The lowest BCUT2D eigenvalue weighted by Gasteiger charge is -2.26. The Morgan fingerprint density at radius 1 is 1.00 bits per heavy atom. The number of para-hydroxylation sites is 1. The molecule has 1 aliphatic carbocycles. The Kier molecular flexibility index (Phi) is 9.52. The number of nitrogens with one attached hydrogen (secondary N) is 2. The molecule has 2 aliphatic rings. The van der Waals surface area contributed by atoms with Gasteiger partial charge in [0, 0.05) is 24.4 Å². The smallest absolute Gasteiger partial charge is 0.258 e. The molecule has 0 bridgehead atoms. The van der Waals surface area contributed by atoms with Crippen LogP contribution < -0.4 is 15.7 Å². The van der Waals surface area contributed by atoms with Gasteiger partial charge >= 0.3 is 0 Å². The SMILES string of the molecule is CN(C)CCCNC(=O)C1=CC2(CC1)CCN(OCc1ccc(NC(=O)c3cc(F)ccc3F)cc1)c1ccccc1C2. The molecule has 3 aromatic carbocycles. The summed E-state index contributed by atoms with van der Waals surface area (Å²) >= 11 is 0. The first-order valence-electron chi connectivity index (χ1n) is 14.7. The Morgan fingerprint density at radius 3 is 2.58 bits per heavy atom. The molecule has 9 heteroatoms. The molecule has 7 nitrogen and oxygen atoms in total. The van der Waals surface area contributed by atoms with Gasteiger partial charge < -0.3 is 15.5 Å². The number of hydroxylamine groups is 1. The Morgan fingerprint density at radius 2 is 1.79 bits per heavy atom. The number of hydrogen-bond acceptors (Lipinski definition) is 5. The van der Waals surface area contributed by atoms with Gasteiger partial charge in [-0.2, -0.15) is 0 Å². The number of amides is 2. The van der Waals surface area contributed by atoms with Crippen LogP contribution in [0.2, 0.25) is 0 Å². The van der Waals surface area contributed by atoms with Crippen LogP contribution >= 0.6 is 0 Å². The molecule has 1 spiro atoms. The van der Waals surface area contributed by atoms with Gasteiger partial charge in [0.2, 0.25) is 5.91 Å². The van der Waals surface area contributed by atoms with Crippen molar-refractivity contribution in [1.29, 1.82) is 0 Å². The van der Waals surface area contributed by atoms with Gasteiger partial charge in [-0.3, -0.25) is 19.5 Å².